The van der Waals surface area contributed by atoms with Crippen molar-refractivity contribution in [3.05, 3.63) is 30.1 Å². The average molecular weight is 445 g/mol. The molecular formula is C18H32IN5. The minimum Gasteiger partial charge on any atom is -0.357 e. The topological polar surface area (TPSA) is 54.2 Å². The summed E-state index contributed by atoms with van der Waals surface area (Å²) >= 11 is 0. The summed E-state index contributed by atoms with van der Waals surface area (Å²) < 4.78 is 1.97. The molecule has 0 radical (unpaired) electrons. The maximum absolute atomic E-state index is 4.71. The van der Waals surface area contributed by atoms with Gasteiger partial charge in [0.05, 0.1) is 0 Å². The van der Waals surface area contributed by atoms with Crippen LogP contribution in [0.4, 0.5) is 0 Å². The third-order valence-electron chi connectivity index (χ3n) is 4.09. The summed E-state index contributed by atoms with van der Waals surface area (Å²) in [5, 5.41) is 11.0. The Hall–Kier alpha value is -1.05. The summed E-state index contributed by atoms with van der Waals surface area (Å²) in [6, 6.07) is 1.96. The fourth-order valence-corrected chi connectivity index (χ4v) is 2.85. The number of rotatable bonds is 8. The van der Waals surface area contributed by atoms with Crippen molar-refractivity contribution in [2.24, 2.45) is 10.9 Å². The van der Waals surface area contributed by atoms with E-state index >= 15 is 0 Å². The molecule has 6 heteroatoms. The van der Waals surface area contributed by atoms with Gasteiger partial charge in [0.2, 0.25) is 0 Å². The zero-order valence-corrected chi connectivity index (χ0v) is 17.3. The van der Waals surface area contributed by atoms with Crippen LogP contribution in [-0.4, -0.2) is 35.4 Å². The second-order valence-electron chi connectivity index (χ2n) is 6.34. The molecule has 0 fully saturated rings. The standard InChI is InChI=1S/C18H31N5.HI/c1-3-19-18(20-12-10-17-8-5-4-6-9-17)21-14-16(2)15-23-13-7-11-22-23;/h7-8,11,13,16H,3-6,9-10,12,14-15H2,1-2H3,(H2,19,20,21);1H. The van der Waals surface area contributed by atoms with Crippen molar-refractivity contribution in [3.8, 4) is 0 Å². The molecule has 0 amide bonds. The number of hydrogen-bond donors (Lipinski definition) is 2. The lowest BCUT2D eigenvalue weighted by atomic mass is 9.97. The number of aromatic nitrogens is 2. The highest BCUT2D eigenvalue weighted by Gasteiger charge is 2.06. The van der Waals surface area contributed by atoms with Gasteiger partial charge in [-0.15, -0.1) is 24.0 Å². The molecule has 1 atom stereocenters. The highest BCUT2D eigenvalue weighted by atomic mass is 127. The van der Waals surface area contributed by atoms with Crippen molar-refractivity contribution in [3.63, 3.8) is 0 Å². The molecule has 0 saturated heterocycles. The Bertz CT molecular complexity index is 496. The lowest BCUT2D eigenvalue weighted by molar-refractivity contribution is 0.458. The molecule has 0 spiro atoms. The SMILES string of the molecule is CCNC(=NCC(C)Cn1cccn1)NCCC1=CCCCC1.I. The fraction of sp³-hybridized carbons (Fsp3) is 0.667. The summed E-state index contributed by atoms with van der Waals surface area (Å²) in [6.07, 6.45) is 12.6. The maximum atomic E-state index is 4.71. The van der Waals surface area contributed by atoms with E-state index in [0.717, 1.165) is 38.6 Å². The number of allylic oxidation sites excluding steroid dienone is 1. The molecule has 1 aliphatic rings. The molecule has 2 N–H and O–H groups in total. The highest BCUT2D eigenvalue weighted by molar-refractivity contribution is 14.0. The van der Waals surface area contributed by atoms with Crippen molar-refractivity contribution >= 4 is 29.9 Å². The molecule has 24 heavy (non-hydrogen) atoms. The molecule has 1 aliphatic carbocycles. The average Bonchev–Trinajstić information content (AvgIpc) is 3.06. The summed E-state index contributed by atoms with van der Waals surface area (Å²) in [5.74, 6) is 1.39. The molecule has 1 unspecified atom stereocenters. The van der Waals surface area contributed by atoms with Crippen LogP contribution >= 0.6 is 24.0 Å². The van der Waals surface area contributed by atoms with E-state index in [-0.39, 0.29) is 24.0 Å². The van der Waals surface area contributed by atoms with E-state index in [4.69, 9.17) is 4.99 Å². The van der Waals surface area contributed by atoms with Gasteiger partial charge in [-0.2, -0.15) is 5.10 Å². The lowest BCUT2D eigenvalue weighted by Gasteiger charge is -2.16. The third-order valence-corrected chi connectivity index (χ3v) is 4.09. The van der Waals surface area contributed by atoms with E-state index < -0.39 is 0 Å². The molecule has 0 saturated carbocycles. The molecule has 0 bridgehead atoms. The Labute approximate surface area is 163 Å². The van der Waals surface area contributed by atoms with Gasteiger partial charge < -0.3 is 10.6 Å². The number of aliphatic imine (C=N–C) groups is 1. The van der Waals surface area contributed by atoms with Crippen LogP contribution in [0.3, 0.4) is 0 Å². The number of nitrogens with zero attached hydrogens (tertiary/aromatic N) is 3. The Balaban J connectivity index is 0.00000288. The van der Waals surface area contributed by atoms with Crippen LogP contribution in [-0.2, 0) is 6.54 Å². The van der Waals surface area contributed by atoms with E-state index in [1.54, 1.807) is 5.57 Å². The summed E-state index contributed by atoms with van der Waals surface area (Å²) in [4.78, 5) is 4.71. The first-order valence-electron chi connectivity index (χ1n) is 8.95. The van der Waals surface area contributed by atoms with E-state index in [1.807, 2.05) is 23.1 Å². The second kappa shape index (κ2) is 12.3. The van der Waals surface area contributed by atoms with E-state index in [1.165, 1.54) is 25.7 Å². The Morgan fingerprint density at radius 1 is 1.38 bits per heavy atom. The molecule has 5 nitrogen and oxygen atoms in total. The predicted octanol–water partition coefficient (Wildman–Crippen LogP) is 3.58. The minimum atomic E-state index is 0. The van der Waals surface area contributed by atoms with Crippen LogP contribution in [0.5, 0.6) is 0 Å². The van der Waals surface area contributed by atoms with Gasteiger partial charge in [0.25, 0.3) is 0 Å². The van der Waals surface area contributed by atoms with Crippen LogP contribution in [0.2, 0.25) is 0 Å². The van der Waals surface area contributed by atoms with Crippen molar-refractivity contribution in [2.45, 2.75) is 52.5 Å². The summed E-state index contributed by atoms with van der Waals surface area (Å²) in [7, 11) is 0. The van der Waals surface area contributed by atoms with Gasteiger partial charge in [0, 0.05) is 38.6 Å². The number of guanidine groups is 1. The number of hydrogen-bond acceptors (Lipinski definition) is 2. The van der Waals surface area contributed by atoms with Crippen LogP contribution in [0, 0.1) is 5.92 Å². The van der Waals surface area contributed by atoms with Crippen LogP contribution in [0.25, 0.3) is 0 Å². The second-order valence-corrected chi connectivity index (χ2v) is 6.34. The molecule has 0 aliphatic heterocycles. The maximum Gasteiger partial charge on any atom is 0.191 e. The zero-order chi connectivity index (χ0) is 16.3. The van der Waals surface area contributed by atoms with Crippen molar-refractivity contribution in [2.75, 3.05) is 19.6 Å². The molecular weight excluding hydrogens is 413 g/mol. The van der Waals surface area contributed by atoms with E-state index in [0.29, 0.717) is 5.92 Å². The number of nitrogens with one attached hydrogen (secondary N) is 2. The number of halogens is 1. The van der Waals surface area contributed by atoms with E-state index in [9.17, 15) is 0 Å². The molecule has 2 rings (SSSR count). The van der Waals surface area contributed by atoms with Gasteiger partial charge in [-0.1, -0.05) is 18.6 Å². The van der Waals surface area contributed by atoms with Crippen LogP contribution in [0.1, 0.15) is 46.0 Å². The highest BCUT2D eigenvalue weighted by Crippen LogP contribution is 2.19. The first kappa shape index (κ1) is 21.0. The smallest absolute Gasteiger partial charge is 0.191 e. The van der Waals surface area contributed by atoms with Crippen LogP contribution in [0.15, 0.2) is 35.1 Å². The molecule has 1 heterocycles. The predicted molar refractivity (Wildman–Crippen MR) is 112 cm³/mol. The van der Waals surface area contributed by atoms with Gasteiger partial charge in [0.1, 0.15) is 0 Å². The van der Waals surface area contributed by atoms with Gasteiger partial charge >= 0.3 is 0 Å². The molecule has 136 valence electrons. The quantitative estimate of drug-likeness (QED) is 0.278. The van der Waals surface area contributed by atoms with Crippen molar-refractivity contribution < 1.29 is 0 Å². The Morgan fingerprint density at radius 3 is 2.92 bits per heavy atom. The van der Waals surface area contributed by atoms with Crippen molar-refractivity contribution in [1.82, 2.24) is 20.4 Å². The summed E-state index contributed by atoms with van der Waals surface area (Å²) in [5.41, 5.74) is 1.60. The Morgan fingerprint density at radius 2 is 2.25 bits per heavy atom. The molecule has 1 aromatic rings. The summed E-state index contributed by atoms with van der Waals surface area (Å²) in [6.45, 7) is 7.88. The normalized spacial score (nSPS) is 16.1. The molecule has 1 aromatic heterocycles. The fourth-order valence-electron chi connectivity index (χ4n) is 2.85. The van der Waals surface area contributed by atoms with Gasteiger partial charge in [-0.05, 0) is 51.0 Å². The van der Waals surface area contributed by atoms with Gasteiger partial charge in [0.15, 0.2) is 5.96 Å². The van der Waals surface area contributed by atoms with Crippen molar-refractivity contribution in [1.29, 1.82) is 0 Å². The van der Waals surface area contributed by atoms with E-state index in [2.05, 4.69) is 35.7 Å². The monoisotopic (exact) mass is 445 g/mol. The third kappa shape index (κ3) is 8.17. The zero-order valence-electron chi connectivity index (χ0n) is 15.0. The molecule has 0 aromatic carbocycles. The first-order chi connectivity index (χ1) is 11.3. The van der Waals surface area contributed by atoms with Gasteiger partial charge in [-0.3, -0.25) is 9.67 Å². The van der Waals surface area contributed by atoms with Gasteiger partial charge in [-0.25, -0.2) is 0 Å². The van der Waals surface area contributed by atoms with Crippen LogP contribution < -0.4 is 10.6 Å². The minimum absolute atomic E-state index is 0. The first-order valence-corrected chi connectivity index (χ1v) is 8.95. The Kier molecular flexibility index (Phi) is 10.8. The largest absolute Gasteiger partial charge is 0.357 e. The lowest BCUT2D eigenvalue weighted by Crippen LogP contribution is -2.38.